The van der Waals surface area contributed by atoms with E-state index in [2.05, 4.69) is 61.6 Å². The van der Waals surface area contributed by atoms with Gasteiger partial charge in [-0.25, -0.2) is 15.0 Å². The number of fused-ring (bicyclic) bond motifs is 1. The molecule has 198 valence electrons. The van der Waals surface area contributed by atoms with Gasteiger partial charge in [-0.05, 0) is 56.2 Å². The third-order valence-electron chi connectivity index (χ3n) is 7.21. The summed E-state index contributed by atoms with van der Waals surface area (Å²) in [6.07, 6.45) is 15.1. The number of benzene rings is 1. The van der Waals surface area contributed by atoms with E-state index in [9.17, 15) is 4.79 Å². The number of thiazole rings is 1. The van der Waals surface area contributed by atoms with Crippen LogP contribution in [-0.2, 0) is 19.5 Å². The first-order valence-electron chi connectivity index (χ1n) is 13.3. The molecule has 1 fully saturated rings. The maximum absolute atomic E-state index is 12.9. The molecule has 0 saturated heterocycles. The lowest BCUT2D eigenvalue weighted by molar-refractivity contribution is 0.0948. The second-order valence-corrected chi connectivity index (χ2v) is 10.8. The summed E-state index contributed by atoms with van der Waals surface area (Å²) in [4.78, 5) is 33.2. The van der Waals surface area contributed by atoms with Crippen molar-refractivity contribution < 1.29 is 6.22 Å². The Hall–Kier alpha value is -3.49. The van der Waals surface area contributed by atoms with Gasteiger partial charge < -0.3 is 5.32 Å². The Balaban J connectivity index is 0.00000353. The Morgan fingerprint density at radius 3 is 2.84 bits per heavy atom. The number of amides is 1. The summed E-state index contributed by atoms with van der Waals surface area (Å²) in [5, 5.41) is 6.26. The summed E-state index contributed by atoms with van der Waals surface area (Å²) in [6.45, 7) is 5.86. The summed E-state index contributed by atoms with van der Waals surface area (Å²) in [6, 6.07) is 8.80. The van der Waals surface area contributed by atoms with E-state index in [1.54, 1.807) is 11.3 Å². The van der Waals surface area contributed by atoms with E-state index in [-0.39, 0.29) is 13.4 Å². The molecule has 1 amide bonds. The van der Waals surface area contributed by atoms with E-state index in [4.69, 9.17) is 4.99 Å². The number of rotatable bonds is 9. The Morgan fingerprint density at radius 2 is 2.03 bits per heavy atom. The summed E-state index contributed by atoms with van der Waals surface area (Å²) in [5.41, 5.74) is 6.86. The zero-order valence-corrected chi connectivity index (χ0v) is 22.9. The van der Waals surface area contributed by atoms with E-state index >= 15 is 0 Å². The van der Waals surface area contributed by atoms with Crippen LogP contribution in [0, 0.1) is 13.8 Å². The molecule has 1 saturated carbocycles. The molecule has 0 spiro atoms. The number of aliphatic imine (C=N–C) groups is 1. The van der Waals surface area contributed by atoms with Crippen LogP contribution in [0.3, 0.4) is 0 Å². The topological polar surface area (TPSA) is 83.4 Å². The highest BCUT2D eigenvalue weighted by Gasteiger charge is 2.30. The van der Waals surface area contributed by atoms with Crippen LogP contribution >= 0.6 is 11.3 Å². The first kappa shape index (κ1) is 26.1. The van der Waals surface area contributed by atoms with Crippen LogP contribution in [0.15, 0.2) is 71.1 Å². The highest BCUT2D eigenvalue weighted by Crippen LogP contribution is 2.29. The molecule has 3 aromatic rings. The quantitative estimate of drug-likeness (QED) is 0.390. The zero-order valence-electron chi connectivity index (χ0n) is 22.1. The van der Waals surface area contributed by atoms with E-state index in [1.165, 1.54) is 29.6 Å². The molecule has 1 aliphatic carbocycles. The van der Waals surface area contributed by atoms with Crippen LogP contribution in [0.1, 0.15) is 65.0 Å². The standard InChI is InChI=1S/C30H34N6OS.H2/c1-21-28(22(2)35-20-34-21)30(37)33-18-23-7-5-8-24(17-23)19-36(15-12-27-31-14-16-38-27)26-11-6-10-25-9-3-4-13-32-29(25)26;/h4-5,7-9,13-14,16-17,20,26H,3,6,10-12,15,18-19H2,1-2H3,(H,33,37);1H. The molecular formula is C30H36N6OS. The van der Waals surface area contributed by atoms with Crippen molar-refractivity contribution in [3.63, 3.8) is 0 Å². The highest BCUT2D eigenvalue weighted by molar-refractivity contribution is 7.09. The van der Waals surface area contributed by atoms with Gasteiger partial charge >= 0.3 is 0 Å². The molecule has 1 N–H and O–H groups in total. The van der Waals surface area contributed by atoms with Gasteiger partial charge in [0.2, 0.25) is 0 Å². The van der Waals surface area contributed by atoms with Crippen LogP contribution in [-0.4, -0.2) is 44.1 Å². The Morgan fingerprint density at radius 1 is 1.18 bits per heavy atom. The van der Waals surface area contributed by atoms with Gasteiger partial charge in [-0.3, -0.25) is 14.7 Å². The lowest BCUT2D eigenvalue weighted by atomic mass is 9.86. The second-order valence-electron chi connectivity index (χ2n) is 9.84. The number of carbonyl (C=O) groups is 1. The monoisotopic (exact) mass is 528 g/mol. The average Bonchev–Trinajstić information content (AvgIpc) is 3.32. The second kappa shape index (κ2) is 12.4. The number of hydrogen-bond acceptors (Lipinski definition) is 7. The number of hydrogen-bond donors (Lipinski definition) is 1. The summed E-state index contributed by atoms with van der Waals surface area (Å²) < 4.78 is 0. The lowest BCUT2D eigenvalue weighted by Crippen LogP contribution is -2.44. The summed E-state index contributed by atoms with van der Waals surface area (Å²) in [5.74, 6) is -0.142. The van der Waals surface area contributed by atoms with E-state index in [0.29, 0.717) is 23.5 Å². The number of allylic oxidation sites excluding steroid dienone is 2. The minimum atomic E-state index is -0.142. The number of aryl methyl sites for hydroxylation is 2. The van der Waals surface area contributed by atoms with Crippen molar-refractivity contribution in [3.05, 3.63) is 99.2 Å². The predicted molar refractivity (Wildman–Crippen MR) is 154 cm³/mol. The molecular weight excluding hydrogens is 492 g/mol. The number of nitrogens with zero attached hydrogens (tertiary/aromatic N) is 5. The smallest absolute Gasteiger partial charge is 0.255 e. The fourth-order valence-corrected chi connectivity index (χ4v) is 5.94. The van der Waals surface area contributed by atoms with Gasteiger partial charge in [0.25, 0.3) is 5.91 Å². The summed E-state index contributed by atoms with van der Waals surface area (Å²) >= 11 is 1.72. The normalized spacial score (nSPS) is 17.0. The van der Waals surface area contributed by atoms with Gasteiger partial charge in [0.1, 0.15) is 6.33 Å². The number of nitrogens with one attached hydrogen (secondary N) is 1. The number of aromatic nitrogens is 3. The minimum absolute atomic E-state index is 0. The van der Waals surface area contributed by atoms with Crippen LogP contribution < -0.4 is 5.32 Å². The minimum Gasteiger partial charge on any atom is -0.348 e. The zero-order chi connectivity index (χ0) is 26.3. The largest absolute Gasteiger partial charge is 0.348 e. The van der Waals surface area contributed by atoms with Crippen molar-refractivity contribution in [1.29, 1.82) is 0 Å². The van der Waals surface area contributed by atoms with Crippen molar-refractivity contribution in [1.82, 2.24) is 25.2 Å². The van der Waals surface area contributed by atoms with Gasteiger partial charge in [-0.15, -0.1) is 11.3 Å². The Labute approximate surface area is 230 Å². The molecule has 2 aliphatic rings. The molecule has 7 nitrogen and oxygen atoms in total. The van der Waals surface area contributed by atoms with Gasteiger partial charge in [-0.2, -0.15) is 0 Å². The molecule has 3 heterocycles. The molecule has 0 radical (unpaired) electrons. The Bertz CT molecular complexity index is 1350. The van der Waals surface area contributed by atoms with Gasteiger partial charge in [-0.1, -0.05) is 36.4 Å². The van der Waals surface area contributed by atoms with E-state index in [0.717, 1.165) is 49.3 Å². The Kier molecular flexibility index (Phi) is 8.51. The molecule has 1 atom stereocenters. The average molecular weight is 529 g/mol. The molecule has 8 heteroatoms. The van der Waals surface area contributed by atoms with Crippen molar-refractivity contribution in [2.75, 3.05) is 6.54 Å². The SMILES string of the molecule is Cc1ncnc(C)c1C(=O)NCc1cccc(CN(CCc2nccs2)C2CCCC3=CCC=CN=C32)c1.[HH]. The van der Waals surface area contributed by atoms with Crippen molar-refractivity contribution in [2.24, 2.45) is 4.99 Å². The van der Waals surface area contributed by atoms with Crippen molar-refractivity contribution >= 4 is 23.0 Å². The molecule has 5 rings (SSSR count). The fraction of sp³-hybridized carbons (Fsp3) is 0.367. The maximum atomic E-state index is 12.9. The van der Waals surface area contributed by atoms with E-state index in [1.807, 2.05) is 31.6 Å². The van der Waals surface area contributed by atoms with E-state index < -0.39 is 0 Å². The molecule has 1 unspecified atom stereocenters. The van der Waals surface area contributed by atoms with Crippen LogP contribution in [0.5, 0.6) is 0 Å². The lowest BCUT2D eigenvalue weighted by Gasteiger charge is -2.36. The van der Waals surface area contributed by atoms with Gasteiger partial charge in [0.15, 0.2) is 0 Å². The first-order valence-corrected chi connectivity index (χ1v) is 14.1. The molecule has 1 aromatic carbocycles. The molecule has 38 heavy (non-hydrogen) atoms. The van der Waals surface area contributed by atoms with Crippen molar-refractivity contribution in [3.8, 4) is 0 Å². The first-order chi connectivity index (χ1) is 18.6. The van der Waals surface area contributed by atoms with Crippen LogP contribution in [0.2, 0.25) is 0 Å². The van der Waals surface area contributed by atoms with Gasteiger partial charge in [0, 0.05) is 45.3 Å². The van der Waals surface area contributed by atoms with Crippen LogP contribution in [0.25, 0.3) is 0 Å². The fourth-order valence-electron chi connectivity index (χ4n) is 5.33. The predicted octanol–water partition coefficient (Wildman–Crippen LogP) is 5.61. The van der Waals surface area contributed by atoms with Crippen molar-refractivity contribution in [2.45, 2.75) is 65.1 Å². The number of carbonyl (C=O) groups excluding carboxylic acids is 1. The third-order valence-corrected chi connectivity index (χ3v) is 8.05. The molecule has 0 bridgehead atoms. The third kappa shape index (κ3) is 6.31. The summed E-state index contributed by atoms with van der Waals surface area (Å²) in [7, 11) is 0. The highest BCUT2D eigenvalue weighted by atomic mass is 32.1. The van der Waals surface area contributed by atoms with Crippen LogP contribution in [0.4, 0.5) is 0 Å². The maximum Gasteiger partial charge on any atom is 0.255 e. The molecule has 2 aromatic heterocycles. The molecule has 1 aliphatic heterocycles. The van der Waals surface area contributed by atoms with Gasteiger partial charge in [0.05, 0.1) is 33.7 Å².